The summed E-state index contributed by atoms with van der Waals surface area (Å²) in [5, 5.41) is 0. The fraction of sp³-hybridized carbons (Fsp3) is 0. The van der Waals surface area contributed by atoms with Gasteiger partial charge >= 0.3 is 28.6 Å². The standard InChI is InChI=1S/Al.BH3.Fe.Zn.2H/h;1H3;;;;. The summed E-state index contributed by atoms with van der Waals surface area (Å²) in [7, 11) is 0. The maximum atomic E-state index is 3.39. The molecule has 21 valence electrons. The SMILES string of the molecule is B.[AlH2][Fe].[Zn]. The van der Waals surface area contributed by atoms with E-state index in [1.54, 1.807) is 0 Å². The molecule has 0 heterocycles. The van der Waals surface area contributed by atoms with Crippen molar-refractivity contribution >= 4 is 22.9 Å². The van der Waals surface area contributed by atoms with E-state index in [1.165, 1.54) is 0 Å². The molecule has 0 aliphatic heterocycles. The first-order valence-corrected chi connectivity index (χ1v) is 4.37. The Morgan fingerprint density at radius 1 is 1.25 bits per heavy atom. The van der Waals surface area contributed by atoms with E-state index in [2.05, 4.69) is 14.1 Å². The molecule has 0 atom stereocenters. The molecule has 0 N–H and O–H groups in total. The molecule has 0 aliphatic rings. The Hall–Kier alpha value is 1.74. The minimum Gasteiger partial charge on any atom is 0 e. The van der Waals surface area contributed by atoms with E-state index in [9.17, 15) is 0 Å². The van der Waals surface area contributed by atoms with Gasteiger partial charge in [-0.05, 0) is 0 Å². The van der Waals surface area contributed by atoms with Crippen molar-refractivity contribution in [1.82, 2.24) is 0 Å². The van der Waals surface area contributed by atoms with Gasteiger partial charge in [0.1, 0.15) is 0 Å². The van der Waals surface area contributed by atoms with Crippen LogP contribution in [0.15, 0.2) is 0 Å². The molecule has 0 rings (SSSR count). The zero-order chi connectivity index (χ0) is 2.00. The van der Waals surface area contributed by atoms with E-state index in [4.69, 9.17) is 0 Å². The van der Waals surface area contributed by atoms with E-state index in [0.29, 0.717) is 0 Å². The minimum atomic E-state index is 0. The molecule has 0 aromatic rings. The molecular weight excluding hydrogens is 159 g/mol. The second-order valence-electron chi connectivity index (χ2n) is 0. The molecule has 4 heteroatoms. The van der Waals surface area contributed by atoms with Gasteiger partial charge in [0.25, 0.3) is 0 Å². The second kappa shape index (κ2) is 21.9. The molecule has 0 spiro atoms. The summed E-state index contributed by atoms with van der Waals surface area (Å²) in [6, 6.07) is 0. The van der Waals surface area contributed by atoms with Crippen molar-refractivity contribution in [3.8, 4) is 0 Å². The summed E-state index contributed by atoms with van der Waals surface area (Å²) in [5.41, 5.74) is 0. The van der Waals surface area contributed by atoms with Crippen LogP contribution in [0.2, 0.25) is 0 Å². The molecule has 0 saturated carbocycles. The Labute approximate surface area is 56.2 Å². The Morgan fingerprint density at radius 3 is 1.25 bits per heavy atom. The van der Waals surface area contributed by atoms with Gasteiger partial charge in [0, 0.05) is 19.5 Å². The molecule has 4 heavy (non-hydrogen) atoms. The van der Waals surface area contributed by atoms with Crippen LogP contribution in [-0.2, 0) is 33.6 Å². The monoisotopic (exact) mass is 163 g/mol. The smallest absolute Gasteiger partial charge is 0 e. The van der Waals surface area contributed by atoms with Crippen molar-refractivity contribution in [2.24, 2.45) is 0 Å². The first-order chi connectivity index (χ1) is 1.00. The van der Waals surface area contributed by atoms with E-state index in [0.717, 1.165) is 14.4 Å². The normalized spacial score (nSPS) is 1.25. The fourth-order valence-electron chi connectivity index (χ4n) is 0. The maximum absolute atomic E-state index is 3.39. The average molecular weight is 164 g/mol. The molecule has 0 fully saturated rings. The van der Waals surface area contributed by atoms with Crippen LogP contribution in [0.1, 0.15) is 0 Å². The van der Waals surface area contributed by atoms with Crippen LogP contribution in [0, 0.1) is 0 Å². The summed E-state index contributed by atoms with van der Waals surface area (Å²) in [6.45, 7) is 0. The summed E-state index contributed by atoms with van der Waals surface area (Å²) >= 11 is 4.44. The molecule has 0 bridgehead atoms. The van der Waals surface area contributed by atoms with Gasteiger partial charge in [-0.2, -0.15) is 0 Å². The Kier molecular flexibility index (Phi) is 94.0. The van der Waals surface area contributed by atoms with Crippen molar-refractivity contribution in [2.75, 3.05) is 0 Å². The van der Waals surface area contributed by atoms with E-state index in [1.807, 2.05) is 0 Å². The number of hydrogen-bond acceptors (Lipinski definition) is 0. The molecule has 0 aromatic heterocycles. The van der Waals surface area contributed by atoms with Gasteiger partial charge in [-0.25, -0.2) is 0 Å². The van der Waals surface area contributed by atoms with Crippen LogP contribution >= 0.6 is 0 Å². The van der Waals surface area contributed by atoms with Gasteiger partial charge in [0.05, 0.1) is 8.41 Å². The van der Waals surface area contributed by atoms with Crippen LogP contribution < -0.4 is 0 Å². The number of rotatable bonds is 0. The Bertz CT molecular complexity index is 8.00. The number of hydrogen-bond donors (Lipinski definition) is 0. The zero-order valence-corrected chi connectivity index (χ0v) is 8.13. The van der Waals surface area contributed by atoms with Crippen LogP contribution in [0.3, 0.4) is 0 Å². The third-order valence-electron chi connectivity index (χ3n) is 0. The second-order valence-corrected chi connectivity index (χ2v) is 0. The maximum Gasteiger partial charge on any atom is 0 e. The molecule has 0 amide bonds. The van der Waals surface area contributed by atoms with Crippen molar-refractivity contribution in [3.63, 3.8) is 0 Å². The third kappa shape index (κ3) is 9.27. The van der Waals surface area contributed by atoms with Crippen molar-refractivity contribution in [1.29, 1.82) is 0 Å². The summed E-state index contributed by atoms with van der Waals surface area (Å²) < 4.78 is 0. The van der Waals surface area contributed by atoms with Crippen LogP contribution in [0.25, 0.3) is 0 Å². The first-order valence-electron chi connectivity index (χ1n) is 0.354. The van der Waals surface area contributed by atoms with Crippen molar-refractivity contribution < 1.29 is 33.6 Å². The molecule has 0 saturated heterocycles. The largest absolute Gasteiger partial charge is 0 e. The van der Waals surface area contributed by atoms with Crippen molar-refractivity contribution in [3.05, 3.63) is 0 Å². The molecule has 0 radical (unpaired) electrons. The predicted octanol–water partition coefficient (Wildman–Crippen LogP) is -2.11. The van der Waals surface area contributed by atoms with Gasteiger partial charge in [-0.1, -0.05) is 0 Å². The van der Waals surface area contributed by atoms with E-state index >= 15 is 0 Å². The summed E-state index contributed by atoms with van der Waals surface area (Å²) in [6.07, 6.45) is 0. The topological polar surface area (TPSA) is 0 Å². The average Bonchev–Trinajstić information content (AvgIpc) is 1.00. The quantitative estimate of drug-likeness (QED) is 0.360. The fourth-order valence-corrected chi connectivity index (χ4v) is 0. The van der Waals surface area contributed by atoms with Crippen LogP contribution in [0.5, 0.6) is 0 Å². The predicted molar refractivity (Wildman–Crippen MR) is 18.5 cm³/mol. The zero-order valence-electron chi connectivity index (χ0n) is 2.06. The molecule has 0 unspecified atom stereocenters. The molecule has 0 nitrogen and oxygen atoms in total. The van der Waals surface area contributed by atoms with E-state index < -0.39 is 0 Å². The van der Waals surface area contributed by atoms with Gasteiger partial charge in [0.15, 0.2) is 0 Å². The van der Waals surface area contributed by atoms with Crippen LogP contribution in [-0.4, -0.2) is 22.9 Å². The minimum absolute atomic E-state index is 0. The van der Waals surface area contributed by atoms with Gasteiger partial charge in [-0.15, -0.1) is 0 Å². The Balaban J connectivity index is -0.00000000500. The Morgan fingerprint density at radius 2 is 1.25 bits per heavy atom. The molecular formula is H5AlBFeZn. The van der Waals surface area contributed by atoms with Crippen LogP contribution in [0.4, 0.5) is 0 Å². The third-order valence-corrected chi connectivity index (χ3v) is 0. The summed E-state index contributed by atoms with van der Waals surface area (Å²) in [5.74, 6) is 0. The summed E-state index contributed by atoms with van der Waals surface area (Å²) in [4.78, 5) is 0. The van der Waals surface area contributed by atoms with Gasteiger partial charge in [-0.3, -0.25) is 0 Å². The molecule has 0 aromatic carbocycles. The van der Waals surface area contributed by atoms with Gasteiger partial charge < -0.3 is 0 Å². The van der Waals surface area contributed by atoms with Gasteiger partial charge in [0.2, 0.25) is 0 Å². The van der Waals surface area contributed by atoms with Crippen molar-refractivity contribution in [2.45, 2.75) is 0 Å². The first kappa shape index (κ1) is 17.2. The molecule has 0 aliphatic carbocycles. The van der Waals surface area contributed by atoms with E-state index in [-0.39, 0.29) is 27.9 Å².